The van der Waals surface area contributed by atoms with Crippen LogP contribution in [0, 0.1) is 0 Å². The second-order valence-corrected chi connectivity index (χ2v) is 9.30. The number of nitrogens with zero attached hydrogens (tertiary/aromatic N) is 3. The molecule has 1 atom stereocenters. The van der Waals surface area contributed by atoms with Crippen molar-refractivity contribution >= 4 is 34.9 Å². The van der Waals surface area contributed by atoms with Crippen molar-refractivity contribution in [3.05, 3.63) is 95.6 Å². The van der Waals surface area contributed by atoms with Crippen LogP contribution in [0.25, 0.3) is 6.08 Å². The van der Waals surface area contributed by atoms with Crippen molar-refractivity contribution in [3.8, 4) is 5.75 Å². The van der Waals surface area contributed by atoms with Gasteiger partial charge in [0, 0.05) is 23.7 Å². The molecular weight excluding hydrogens is 470 g/mol. The van der Waals surface area contributed by atoms with Gasteiger partial charge in [-0.2, -0.15) is 0 Å². The summed E-state index contributed by atoms with van der Waals surface area (Å²) < 4.78 is 7.78. The molecule has 0 saturated heterocycles. The number of halogens is 1. The molecule has 6 nitrogen and oxygen atoms in total. The van der Waals surface area contributed by atoms with Crippen molar-refractivity contribution < 1.29 is 9.53 Å². The molecule has 4 rings (SSSR count). The number of fused-ring (bicyclic) bond motifs is 1. The summed E-state index contributed by atoms with van der Waals surface area (Å²) in [5.74, 6) is 0.480. The van der Waals surface area contributed by atoms with Gasteiger partial charge in [0.15, 0.2) is 4.80 Å². The van der Waals surface area contributed by atoms with E-state index in [0.717, 1.165) is 11.1 Å². The highest BCUT2D eigenvalue weighted by atomic mass is 35.5. The zero-order valence-electron chi connectivity index (χ0n) is 19.5. The number of thiazole rings is 1. The van der Waals surface area contributed by atoms with E-state index in [-0.39, 0.29) is 11.5 Å². The van der Waals surface area contributed by atoms with Crippen LogP contribution in [-0.2, 0) is 4.79 Å². The van der Waals surface area contributed by atoms with Crippen molar-refractivity contribution in [2.45, 2.75) is 26.8 Å². The zero-order chi connectivity index (χ0) is 24.4. The minimum absolute atomic E-state index is 0.130. The minimum Gasteiger partial charge on any atom is -0.496 e. The summed E-state index contributed by atoms with van der Waals surface area (Å²) in [4.78, 5) is 34.4. The summed E-state index contributed by atoms with van der Waals surface area (Å²) in [6.07, 6.45) is 1.82. The van der Waals surface area contributed by atoms with E-state index in [2.05, 4.69) is 0 Å². The molecule has 0 spiro atoms. The maximum absolute atomic E-state index is 13.7. The quantitative estimate of drug-likeness (QED) is 0.523. The van der Waals surface area contributed by atoms with Gasteiger partial charge in [-0.15, -0.1) is 0 Å². The fourth-order valence-corrected chi connectivity index (χ4v) is 5.35. The first-order valence-corrected chi connectivity index (χ1v) is 12.3. The van der Waals surface area contributed by atoms with Gasteiger partial charge in [0.1, 0.15) is 11.8 Å². The molecule has 0 unspecified atom stereocenters. The van der Waals surface area contributed by atoms with Crippen molar-refractivity contribution in [2.75, 3.05) is 20.2 Å². The van der Waals surface area contributed by atoms with Crippen LogP contribution in [0.15, 0.2) is 69.6 Å². The number of methoxy groups -OCH3 is 1. The molecule has 8 heteroatoms. The Morgan fingerprint density at radius 2 is 1.85 bits per heavy atom. The molecule has 1 aromatic heterocycles. The Kier molecular flexibility index (Phi) is 7.05. The number of aromatic nitrogens is 1. The molecular formula is C26H26ClN3O3S. The van der Waals surface area contributed by atoms with Gasteiger partial charge < -0.3 is 9.64 Å². The van der Waals surface area contributed by atoms with E-state index < -0.39 is 6.04 Å². The molecule has 0 aliphatic carbocycles. The first kappa shape index (κ1) is 24.0. The van der Waals surface area contributed by atoms with E-state index in [1.54, 1.807) is 28.7 Å². The highest BCUT2D eigenvalue weighted by Gasteiger charge is 2.35. The normalized spacial score (nSPS) is 15.7. The molecule has 2 aromatic carbocycles. The maximum atomic E-state index is 13.7. The highest BCUT2D eigenvalue weighted by molar-refractivity contribution is 7.07. The number of hydrogen-bond donors (Lipinski definition) is 0. The number of allylic oxidation sites excluding steroid dienone is 1. The fraction of sp³-hybridized carbons (Fsp3) is 0.269. The number of carbonyl (C=O) groups is 1. The number of amides is 1. The minimum atomic E-state index is -0.645. The zero-order valence-corrected chi connectivity index (χ0v) is 21.1. The molecule has 176 valence electrons. The summed E-state index contributed by atoms with van der Waals surface area (Å²) in [5.41, 5.74) is 2.49. The third kappa shape index (κ3) is 4.33. The third-order valence-corrected chi connectivity index (χ3v) is 7.14. The first-order valence-electron chi connectivity index (χ1n) is 11.1. The van der Waals surface area contributed by atoms with Gasteiger partial charge in [-0.3, -0.25) is 14.2 Å². The summed E-state index contributed by atoms with van der Waals surface area (Å²) in [7, 11) is 1.59. The smallest absolute Gasteiger partial charge is 0.271 e. The number of ether oxygens (including phenoxy) is 1. The average Bonchev–Trinajstić information content (AvgIpc) is 3.14. The van der Waals surface area contributed by atoms with Crippen LogP contribution in [-0.4, -0.2) is 35.6 Å². The van der Waals surface area contributed by atoms with Crippen LogP contribution >= 0.6 is 22.9 Å². The average molecular weight is 496 g/mol. The van der Waals surface area contributed by atoms with E-state index in [0.29, 0.717) is 44.5 Å². The molecule has 0 saturated carbocycles. The van der Waals surface area contributed by atoms with Crippen LogP contribution in [0.4, 0.5) is 0 Å². The molecule has 3 aromatic rings. The monoisotopic (exact) mass is 495 g/mol. The van der Waals surface area contributed by atoms with Crippen molar-refractivity contribution in [3.63, 3.8) is 0 Å². The molecule has 34 heavy (non-hydrogen) atoms. The van der Waals surface area contributed by atoms with Gasteiger partial charge in [-0.25, -0.2) is 4.99 Å². The topological polar surface area (TPSA) is 63.9 Å². The number of likely N-dealkylation sites (N-methyl/N-ethyl adjacent to an activating group) is 1. The third-order valence-electron chi connectivity index (χ3n) is 5.90. The van der Waals surface area contributed by atoms with E-state index in [1.165, 1.54) is 11.3 Å². The predicted octanol–water partition coefficient (Wildman–Crippen LogP) is 3.77. The van der Waals surface area contributed by atoms with Crippen LogP contribution in [0.2, 0.25) is 5.02 Å². The van der Waals surface area contributed by atoms with Crippen LogP contribution in [0.1, 0.15) is 37.9 Å². The Labute approximate surface area is 207 Å². The number of benzene rings is 2. The Balaban J connectivity index is 1.99. The summed E-state index contributed by atoms with van der Waals surface area (Å²) in [6.45, 7) is 6.83. The molecule has 0 radical (unpaired) electrons. The van der Waals surface area contributed by atoms with E-state index in [1.807, 2.05) is 63.2 Å². The lowest BCUT2D eigenvalue weighted by Crippen LogP contribution is -2.43. The number of carbonyl (C=O) groups excluding carboxylic acids is 1. The summed E-state index contributed by atoms with van der Waals surface area (Å²) >= 11 is 7.32. The Hall–Kier alpha value is -3.16. The number of hydrogen-bond acceptors (Lipinski definition) is 5. The molecule has 0 N–H and O–H groups in total. The lowest BCUT2D eigenvalue weighted by Gasteiger charge is -2.29. The summed E-state index contributed by atoms with van der Waals surface area (Å²) in [6, 6.07) is 14.1. The van der Waals surface area contributed by atoms with Gasteiger partial charge in [0.25, 0.3) is 11.5 Å². The molecule has 1 aliphatic heterocycles. The Morgan fingerprint density at radius 1 is 1.18 bits per heavy atom. The second-order valence-electron chi connectivity index (χ2n) is 7.85. The van der Waals surface area contributed by atoms with Gasteiger partial charge in [0.2, 0.25) is 0 Å². The lowest BCUT2D eigenvalue weighted by atomic mass is 9.94. The Morgan fingerprint density at radius 3 is 2.50 bits per heavy atom. The number of rotatable bonds is 6. The number of para-hydroxylation sites is 1. The molecule has 1 aliphatic rings. The van der Waals surface area contributed by atoms with Crippen molar-refractivity contribution in [2.24, 2.45) is 4.99 Å². The fourth-order valence-electron chi connectivity index (χ4n) is 4.17. The summed E-state index contributed by atoms with van der Waals surface area (Å²) in [5, 5.41) is 0.630. The van der Waals surface area contributed by atoms with Gasteiger partial charge in [-0.1, -0.05) is 53.3 Å². The van der Waals surface area contributed by atoms with Crippen LogP contribution in [0.3, 0.4) is 0 Å². The van der Waals surface area contributed by atoms with Crippen molar-refractivity contribution in [1.29, 1.82) is 0 Å². The van der Waals surface area contributed by atoms with Crippen LogP contribution in [0.5, 0.6) is 5.75 Å². The van der Waals surface area contributed by atoms with Crippen LogP contribution < -0.4 is 19.6 Å². The SMILES string of the molecule is CCN(CC)C(=O)C1=C(C)N=c2s/c(=C/c3ccc(Cl)cc3)c(=O)n2[C@@H]1c1ccccc1OC. The molecule has 1 amide bonds. The molecule has 0 fully saturated rings. The largest absolute Gasteiger partial charge is 0.496 e. The van der Waals surface area contributed by atoms with E-state index in [4.69, 9.17) is 21.3 Å². The first-order chi connectivity index (χ1) is 16.4. The van der Waals surface area contributed by atoms with E-state index >= 15 is 0 Å². The highest BCUT2D eigenvalue weighted by Crippen LogP contribution is 2.35. The second kappa shape index (κ2) is 9.99. The van der Waals surface area contributed by atoms with Gasteiger partial charge in [0.05, 0.1) is 22.9 Å². The van der Waals surface area contributed by atoms with E-state index in [9.17, 15) is 9.59 Å². The Bertz CT molecular complexity index is 1430. The maximum Gasteiger partial charge on any atom is 0.271 e. The molecule has 0 bridgehead atoms. The predicted molar refractivity (Wildman–Crippen MR) is 136 cm³/mol. The van der Waals surface area contributed by atoms with Gasteiger partial charge >= 0.3 is 0 Å². The van der Waals surface area contributed by atoms with Gasteiger partial charge in [-0.05, 0) is 50.6 Å². The lowest BCUT2D eigenvalue weighted by molar-refractivity contribution is -0.127. The standard InChI is InChI=1S/C26H26ClN3O3S/c1-5-29(6-2)25(32)22-16(3)28-26-30(23(22)19-9-7-8-10-20(19)33-4)24(31)21(34-26)15-17-11-13-18(27)14-12-17/h7-15,23H,5-6H2,1-4H3/b21-15+/t23-/m1/s1. The van der Waals surface area contributed by atoms with Crippen molar-refractivity contribution in [1.82, 2.24) is 9.47 Å². The molecule has 2 heterocycles.